The molecular weight excluding hydrogens is 438 g/mol. The van der Waals surface area contributed by atoms with Crippen molar-refractivity contribution in [2.45, 2.75) is 18.2 Å². The zero-order valence-electron chi connectivity index (χ0n) is 18.0. The molecule has 0 bridgehead atoms. The summed E-state index contributed by atoms with van der Waals surface area (Å²) < 4.78 is 7.21. The molecule has 0 spiro atoms. The van der Waals surface area contributed by atoms with Crippen LogP contribution in [-0.2, 0) is 24.9 Å². The number of aryl methyl sites for hydroxylation is 1. The van der Waals surface area contributed by atoms with E-state index in [1.807, 2.05) is 43.4 Å². The van der Waals surface area contributed by atoms with Crippen molar-refractivity contribution in [2.24, 2.45) is 7.05 Å². The van der Waals surface area contributed by atoms with Gasteiger partial charge in [-0.25, -0.2) is 0 Å². The third-order valence-corrected chi connectivity index (χ3v) is 5.86. The number of benzene rings is 2. The van der Waals surface area contributed by atoms with Gasteiger partial charge in [0.15, 0.2) is 5.16 Å². The van der Waals surface area contributed by atoms with Gasteiger partial charge in [0, 0.05) is 24.8 Å². The molecule has 0 aliphatic rings. The van der Waals surface area contributed by atoms with Crippen molar-refractivity contribution in [1.29, 1.82) is 0 Å². The fourth-order valence-electron chi connectivity index (χ4n) is 3.24. The number of nitrogens with one attached hydrogen (secondary N) is 1. The normalized spacial score (nSPS) is 10.7. The molecule has 0 atom stereocenters. The second-order valence-electron chi connectivity index (χ2n) is 7.37. The van der Waals surface area contributed by atoms with E-state index in [-0.39, 0.29) is 17.6 Å². The van der Waals surface area contributed by atoms with Crippen LogP contribution in [0.15, 0.2) is 88.9 Å². The molecule has 1 N–H and O–H groups in total. The summed E-state index contributed by atoms with van der Waals surface area (Å²) in [5.41, 5.74) is 2.06. The maximum absolute atomic E-state index is 13.4. The summed E-state index contributed by atoms with van der Waals surface area (Å²) in [6, 6.07) is 20.4. The Hall–Kier alpha value is -3.85. The first-order chi connectivity index (χ1) is 16.1. The first-order valence-electron chi connectivity index (χ1n) is 10.3. The number of nitrogens with zero attached hydrogens (tertiary/aromatic N) is 4. The van der Waals surface area contributed by atoms with Gasteiger partial charge in [0.25, 0.3) is 5.91 Å². The molecule has 2 aromatic carbocycles. The molecule has 0 fully saturated rings. The summed E-state index contributed by atoms with van der Waals surface area (Å²) in [4.78, 5) is 27.5. The number of thioether (sulfide) groups is 1. The lowest BCUT2D eigenvalue weighted by molar-refractivity contribution is -0.113. The van der Waals surface area contributed by atoms with Gasteiger partial charge in [-0.05, 0) is 35.9 Å². The van der Waals surface area contributed by atoms with Crippen molar-refractivity contribution in [3.8, 4) is 0 Å². The Kier molecular flexibility index (Phi) is 7.21. The molecular formula is C24H23N5O3S. The van der Waals surface area contributed by atoms with Crippen LogP contribution in [0.5, 0.6) is 0 Å². The summed E-state index contributed by atoms with van der Waals surface area (Å²) in [6.45, 7) is 0.775. The third-order valence-electron chi connectivity index (χ3n) is 4.83. The molecule has 0 saturated heterocycles. The van der Waals surface area contributed by atoms with Crippen molar-refractivity contribution in [3.05, 3.63) is 96.2 Å². The summed E-state index contributed by atoms with van der Waals surface area (Å²) in [6.07, 6.45) is 3.18. The van der Waals surface area contributed by atoms with Gasteiger partial charge >= 0.3 is 0 Å². The minimum atomic E-state index is -0.190. The van der Waals surface area contributed by atoms with E-state index >= 15 is 0 Å². The maximum atomic E-state index is 13.4. The van der Waals surface area contributed by atoms with Gasteiger partial charge in [-0.2, -0.15) is 0 Å². The standard InChI is InChI=1S/C24H23N5O3S/c1-28-17-25-27-24(28)33-16-22(30)26-20-10-5-9-19(13-20)23(31)29(15-21-11-6-12-32-21)14-18-7-3-2-4-8-18/h2-13,17H,14-16H2,1H3,(H,26,30). The molecule has 0 radical (unpaired) electrons. The molecule has 33 heavy (non-hydrogen) atoms. The lowest BCUT2D eigenvalue weighted by Crippen LogP contribution is -2.30. The van der Waals surface area contributed by atoms with Crippen molar-refractivity contribution in [3.63, 3.8) is 0 Å². The van der Waals surface area contributed by atoms with E-state index in [1.54, 1.807) is 52.4 Å². The highest BCUT2D eigenvalue weighted by atomic mass is 32.2. The first-order valence-corrected chi connectivity index (χ1v) is 11.3. The molecule has 4 rings (SSSR count). The van der Waals surface area contributed by atoms with Crippen LogP contribution in [0, 0.1) is 0 Å². The molecule has 0 aliphatic heterocycles. The average Bonchev–Trinajstić information content (AvgIpc) is 3.49. The number of hydrogen-bond donors (Lipinski definition) is 1. The van der Waals surface area contributed by atoms with Gasteiger partial charge in [0.1, 0.15) is 12.1 Å². The SMILES string of the molecule is Cn1cnnc1SCC(=O)Nc1cccc(C(=O)N(Cc2ccccc2)Cc2ccco2)c1. The van der Waals surface area contributed by atoms with Crippen LogP contribution in [-0.4, -0.2) is 37.2 Å². The topological polar surface area (TPSA) is 93.3 Å². The maximum Gasteiger partial charge on any atom is 0.254 e. The quantitative estimate of drug-likeness (QED) is 0.379. The van der Waals surface area contributed by atoms with Crippen molar-refractivity contribution < 1.29 is 14.0 Å². The van der Waals surface area contributed by atoms with E-state index < -0.39 is 0 Å². The number of carbonyl (C=O) groups is 2. The molecule has 168 valence electrons. The van der Waals surface area contributed by atoms with Crippen LogP contribution >= 0.6 is 11.8 Å². The molecule has 4 aromatic rings. The minimum absolute atomic E-state index is 0.153. The molecule has 2 heterocycles. The Bertz CT molecular complexity index is 1210. The Morgan fingerprint density at radius 2 is 1.91 bits per heavy atom. The highest BCUT2D eigenvalue weighted by Gasteiger charge is 2.19. The van der Waals surface area contributed by atoms with Crippen LogP contribution in [0.25, 0.3) is 0 Å². The second-order valence-corrected chi connectivity index (χ2v) is 8.31. The predicted octanol–water partition coefficient (Wildman–Crippen LogP) is 3.98. The van der Waals surface area contributed by atoms with E-state index in [0.717, 1.165) is 5.56 Å². The molecule has 0 saturated carbocycles. The van der Waals surface area contributed by atoms with Crippen LogP contribution in [0.1, 0.15) is 21.7 Å². The van der Waals surface area contributed by atoms with E-state index in [4.69, 9.17) is 4.42 Å². The summed E-state index contributed by atoms with van der Waals surface area (Å²) in [7, 11) is 1.82. The van der Waals surface area contributed by atoms with E-state index in [0.29, 0.717) is 35.3 Å². The van der Waals surface area contributed by atoms with Crippen molar-refractivity contribution in [1.82, 2.24) is 19.7 Å². The minimum Gasteiger partial charge on any atom is -0.467 e. The van der Waals surface area contributed by atoms with E-state index in [2.05, 4.69) is 15.5 Å². The predicted molar refractivity (Wildman–Crippen MR) is 126 cm³/mol. The largest absolute Gasteiger partial charge is 0.467 e. The highest BCUT2D eigenvalue weighted by molar-refractivity contribution is 7.99. The number of hydrogen-bond acceptors (Lipinski definition) is 6. The lowest BCUT2D eigenvalue weighted by Gasteiger charge is -2.22. The van der Waals surface area contributed by atoms with E-state index in [9.17, 15) is 9.59 Å². The van der Waals surface area contributed by atoms with Crippen LogP contribution in [0.2, 0.25) is 0 Å². The Balaban J connectivity index is 1.45. The van der Waals surface area contributed by atoms with Gasteiger partial charge in [0.2, 0.25) is 5.91 Å². The molecule has 2 aromatic heterocycles. The number of aromatic nitrogens is 3. The fraction of sp³-hybridized carbons (Fsp3) is 0.167. The summed E-state index contributed by atoms with van der Waals surface area (Å²) in [5, 5.41) is 11.3. The molecule has 0 aliphatic carbocycles. The van der Waals surface area contributed by atoms with Crippen molar-refractivity contribution in [2.75, 3.05) is 11.1 Å². The highest BCUT2D eigenvalue weighted by Crippen LogP contribution is 2.19. The molecule has 8 nitrogen and oxygen atoms in total. The summed E-state index contributed by atoms with van der Waals surface area (Å²) in [5.74, 6) is 0.539. The number of amides is 2. The molecule has 2 amide bonds. The van der Waals surface area contributed by atoms with Gasteiger partial charge in [-0.15, -0.1) is 10.2 Å². The first kappa shape index (κ1) is 22.3. The molecule has 0 unspecified atom stereocenters. The van der Waals surface area contributed by atoms with Gasteiger partial charge in [0.05, 0.1) is 18.6 Å². The van der Waals surface area contributed by atoms with Crippen molar-refractivity contribution >= 4 is 29.3 Å². The smallest absolute Gasteiger partial charge is 0.254 e. The second kappa shape index (κ2) is 10.6. The van der Waals surface area contributed by atoms with Crippen LogP contribution in [0.3, 0.4) is 0 Å². The number of anilines is 1. The Morgan fingerprint density at radius 3 is 2.64 bits per heavy atom. The number of rotatable bonds is 9. The van der Waals surface area contributed by atoms with Crippen LogP contribution < -0.4 is 5.32 Å². The number of furan rings is 1. The van der Waals surface area contributed by atoms with Gasteiger partial charge < -0.3 is 19.2 Å². The fourth-order valence-corrected chi connectivity index (χ4v) is 3.92. The number of carbonyl (C=O) groups excluding carboxylic acids is 2. The van der Waals surface area contributed by atoms with Gasteiger partial charge in [-0.1, -0.05) is 48.2 Å². The monoisotopic (exact) mass is 461 g/mol. The molecule has 9 heteroatoms. The van der Waals surface area contributed by atoms with Crippen LogP contribution in [0.4, 0.5) is 5.69 Å². The lowest BCUT2D eigenvalue weighted by atomic mass is 10.1. The Morgan fingerprint density at radius 1 is 1.06 bits per heavy atom. The Labute approximate surface area is 195 Å². The zero-order chi connectivity index (χ0) is 23.0. The average molecular weight is 462 g/mol. The van der Waals surface area contributed by atoms with E-state index in [1.165, 1.54) is 11.8 Å². The summed E-state index contributed by atoms with van der Waals surface area (Å²) >= 11 is 1.29. The third kappa shape index (κ3) is 6.11. The zero-order valence-corrected chi connectivity index (χ0v) is 18.9. The van der Waals surface area contributed by atoms with Gasteiger partial charge in [-0.3, -0.25) is 9.59 Å².